The van der Waals surface area contributed by atoms with Crippen LogP contribution in [0.4, 0.5) is 4.79 Å². The number of ether oxygens (including phenoxy) is 1. The minimum absolute atomic E-state index is 0.0107. The molecule has 1 atom stereocenters. The fourth-order valence-corrected chi connectivity index (χ4v) is 1.16. The number of carbonyl (C=O) groups is 1. The molecule has 1 unspecified atom stereocenters. The second-order valence-corrected chi connectivity index (χ2v) is 3.13. The fourth-order valence-electron chi connectivity index (χ4n) is 1.16. The van der Waals surface area contributed by atoms with E-state index in [1.54, 1.807) is 7.11 Å². The second kappa shape index (κ2) is 5.21. The first-order valence-corrected chi connectivity index (χ1v) is 4.58. The van der Waals surface area contributed by atoms with Gasteiger partial charge in [-0.05, 0) is 24.6 Å². The van der Waals surface area contributed by atoms with Gasteiger partial charge in [0.15, 0.2) is 0 Å². The fraction of sp³-hybridized carbons (Fsp3) is 0.300. The summed E-state index contributed by atoms with van der Waals surface area (Å²) in [7, 11) is 1.62. The van der Waals surface area contributed by atoms with Crippen molar-refractivity contribution in [3.63, 3.8) is 0 Å². The summed E-state index contributed by atoms with van der Waals surface area (Å²) in [5, 5.41) is 0. The Bertz CT molecular complexity index is 324. The molecule has 1 aromatic carbocycles. The smallest absolute Gasteiger partial charge is 0.326 e. The lowest BCUT2D eigenvalue weighted by Crippen LogP contribution is -2.42. The summed E-state index contributed by atoms with van der Waals surface area (Å²) in [6, 6.07) is 6.94. The molecule has 0 aromatic heterocycles. The third-order valence-electron chi connectivity index (χ3n) is 2.03. The lowest BCUT2D eigenvalue weighted by molar-refractivity contribution is 0.242. The van der Waals surface area contributed by atoms with E-state index in [0.29, 0.717) is 0 Å². The summed E-state index contributed by atoms with van der Waals surface area (Å²) >= 11 is 0. The Labute approximate surface area is 88.6 Å². The highest BCUT2D eigenvalue weighted by molar-refractivity contribution is 5.70. The van der Waals surface area contributed by atoms with Crippen molar-refractivity contribution in [3.05, 3.63) is 29.8 Å². The molecule has 0 radical (unpaired) electrons. The van der Waals surface area contributed by atoms with E-state index in [0.717, 1.165) is 11.3 Å². The number of hydrazine groups is 1. The molecule has 5 nitrogen and oxygen atoms in total. The average Bonchev–Trinajstić information content (AvgIpc) is 2.26. The number of hydrogen-bond donors (Lipinski definition) is 3. The molecule has 1 rings (SSSR count). The predicted octanol–water partition coefficient (Wildman–Crippen LogP) is 0.929. The van der Waals surface area contributed by atoms with E-state index in [4.69, 9.17) is 10.5 Å². The number of rotatable bonds is 4. The lowest BCUT2D eigenvalue weighted by Gasteiger charge is -2.14. The molecule has 0 spiro atoms. The monoisotopic (exact) mass is 209 g/mol. The Balaban J connectivity index is 2.57. The molecule has 0 fully saturated rings. The standard InChI is InChI=1S/C10H15N3O2/c1-7(12-13-10(11)14)8-3-5-9(15-2)6-4-8/h3-7,12H,1-2H3,(H3,11,13,14). The Morgan fingerprint density at radius 1 is 1.40 bits per heavy atom. The van der Waals surface area contributed by atoms with Gasteiger partial charge in [-0.2, -0.15) is 0 Å². The van der Waals surface area contributed by atoms with Crippen LogP contribution in [0.15, 0.2) is 24.3 Å². The van der Waals surface area contributed by atoms with Crippen LogP contribution in [-0.4, -0.2) is 13.1 Å². The van der Waals surface area contributed by atoms with E-state index >= 15 is 0 Å². The predicted molar refractivity (Wildman–Crippen MR) is 57.3 cm³/mol. The quantitative estimate of drug-likeness (QED) is 0.645. The highest BCUT2D eigenvalue weighted by Gasteiger charge is 2.04. The number of nitrogens with two attached hydrogens (primary N) is 1. The Kier molecular flexibility index (Phi) is 3.93. The highest BCUT2D eigenvalue weighted by atomic mass is 16.5. The number of urea groups is 1. The first-order chi connectivity index (χ1) is 7.13. The van der Waals surface area contributed by atoms with Gasteiger partial charge in [-0.1, -0.05) is 12.1 Å². The summed E-state index contributed by atoms with van der Waals surface area (Å²) in [5.74, 6) is 0.800. The van der Waals surface area contributed by atoms with Gasteiger partial charge < -0.3 is 10.5 Å². The summed E-state index contributed by atoms with van der Waals surface area (Å²) in [4.78, 5) is 10.5. The van der Waals surface area contributed by atoms with E-state index in [1.165, 1.54) is 0 Å². The molecule has 15 heavy (non-hydrogen) atoms. The third-order valence-corrected chi connectivity index (χ3v) is 2.03. The number of carbonyl (C=O) groups excluding carboxylic acids is 1. The maximum absolute atomic E-state index is 10.5. The molecule has 0 saturated heterocycles. The number of methoxy groups -OCH3 is 1. The van der Waals surface area contributed by atoms with Crippen molar-refractivity contribution < 1.29 is 9.53 Å². The number of benzene rings is 1. The van der Waals surface area contributed by atoms with Crippen LogP contribution in [0, 0.1) is 0 Å². The van der Waals surface area contributed by atoms with Crippen molar-refractivity contribution in [1.82, 2.24) is 10.9 Å². The van der Waals surface area contributed by atoms with Crippen molar-refractivity contribution in [3.8, 4) is 5.75 Å². The largest absolute Gasteiger partial charge is 0.497 e. The molecule has 82 valence electrons. The summed E-state index contributed by atoms with van der Waals surface area (Å²) in [6.07, 6.45) is 0. The summed E-state index contributed by atoms with van der Waals surface area (Å²) in [6.45, 7) is 1.91. The minimum Gasteiger partial charge on any atom is -0.497 e. The molecule has 2 amide bonds. The number of nitrogens with one attached hydrogen (secondary N) is 2. The van der Waals surface area contributed by atoms with E-state index in [9.17, 15) is 4.79 Å². The number of primary amides is 1. The maximum Gasteiger partial charge on any atom is 0.326 e. The van der Waals surface area contributed by atoms with Gasteiger partial charge in [-0.3, -0.25) is 5.43 Å². The molecule has 0 saturated carbocycles. The Hall–Kier alpha value is -1.75. The molecule has 0 bridgehead atoms. The van der Waals surface area contributed by atoms with Crippen LogP contribution in [0.3, 0.4) is 0 Å². The van der Waals surface area contributed by atoms with E-state index < -0.39 is 6.03 Å². The maximum atomic E-state index is 10.5. The molecule has 0 aliphatic heterocycles. The van der Waals surface area contributed by atoms with Crippen molar-refractivity contribution in [2.75, 3.05) is 7.11 Å². The highest BCUT2D eigenvalue weighted by Crippen LogP contribution is 2.16. The average molecular weight is 209 g/mol. The molecule has 0 heterocycles. The second-order valence-electron chi connectivity index (χ2n) is 3.13. The molecule has 0 aliphatic carbocycles. The summed E-state index contributed by atoms with van der Waals surface area (Å²) < 4.78 is 5.04. The molecule has 1 aromatic rings. The van der Waals surface area contributed by atoms with Crippen LogP contribution in [-0.2, 0) is 0 Å². The normalized spacial score (nSPS) is 11.9. The van der Waals surface area contributed by atoms with Crippen LogP contribution < -0.4 is 21.3 Å². The van der Waals surface area contributed by atoms with Gasteiger partial charge in [0, 0.05) is 6.04 Å². The van der Waals surface area contributed by atoms with Crippen molar-refractivity contribution in [2.24, 2.45) is 5.73 Å². The van der Waals surface area contributed by atoms with Crippen LogP contribution in [0.5, 0.6) is 5.75 Å². The molecule has 5 heteroatoms. The Morgan fingerprint density at radius 2 is 2.00 bits per heavy atom. The van der Waals surface area contributed by atoms with Crippen LogP contribution in [0.1, 0.15) is 18.5 Å². The van der Waals surface area contributed by atoms with Gasteiger partial charge in [0.25, 0.3) is 0 Å². The van der Waals surface area contributed by atoms with E-state index in [1.807, 2.05) is 31.2 Å². The number of hydrogen-bond acceptors (Lipinski definition) is 3. The zero-order chi connectivity index (χ0) is 11.3. The van der Waals surface area contributed by atoms with Crippen molar-refractivity contribution in [2.45, 2.75) is 13.0 Å². The van der Waals surface area contributed by atoms with Crippen LogP contribution >= 0.6 is 0 Å². The molecular weight excluding hydrogens is 194 g/mol. The van der Waals surface area contributed by atoms with Gasteiger partial charge in [0.05, 0.1) is 7.11 Å². The Morgan fingerprint density at radius 3 is 2.47 bits per heavy atom. The van der Waals surface area contributed by atoms with Gasteiger partial charge in [-0.25, -0.2) is 10.2 Å². The molecule has 0 aliphatic rings. The van der Waals surface area contributed by atoms with Crippen LogP contribution in [0.2, 0.25) is 0 Å². The van der Waals surface area contributed by atoms with Gasteiger partial charge >= 0.3 is 6.03 Å². The third kappa shape index (κ3) is 3.47. The molecule has 4 N–H and O–H groups in total. The summed E-state index contributed by atoms with van der Waals surface area (Å²) in [5.41, 5.74) is 11.1. The first kappa shape index (κ1) is 11.3. The SMILES string of the molecule is COc1ccc(C(C)NNC(N)=O)cc1. The van der Waals surface area contributed by atoms with Gasteiger partial charge in [0.1, 0.15) is 5.75 Å². The minimum atomic E-state index is -0.602. The van der Waals surface area contributed by atoms with Crippen molar-refractivity contribution >= 4 is 6.03 Å². The number of amides is 2. The molecular formula is C10H15N3O2. The zero-order valence-corrected chi connectivity index (χ0v) is 8.78. The van der Waals surface area contributed by atoms with Crippen molar-refractivity contribution in [1.29, 1.82) is 0 Å². The van der Waals surface area contributed by atoms with Gasteiger partial charge in [0.2, 0.25) is 0 Å². The zero-order valence-electron chi connectivity index (χ0n) is 8.78. The lowest BCUT2D eigenvalue weighted by atomic mass is 10.1. The van der Waals surface area contributed by atoms with E-state index in [2.05, 4.69) is 10.9 Å². The van der Waals surface area contributed by atoms with E-state index in [-0.39, 0.29) is 6.04 Å². The van der Waals surface area contributed by atoms with Gasteiger partial charge in [-0.15, -0.1) is 0 Å². The van der Waals surface area contributed by atoms with Crippen LogP contribution in [0.25, 0.3) is 0 Å². The first-order valence-electron chi connectivity index (χ1n) is 4.58. The topological polar surface area (TPSA) is 76.4 Å².